The lowest BCUT2D eigenvalue weighted by Gasteiger charge is -2.35. The van der Waals surface area contributed by atoms with Gasteiger partial charge in [0.05, 0.1) is 11.5 Å². The monoisotopic (exact) mass is 276 g/mol. The Bertz CT molecular complexity index is 450. The standard InChI is InChI=1S/C16H24N2O2/c1-12-3-5-14(6-4-12)13(2)18-15(19)16(11-17)7-9-20-10-8-16/h3-6,13H,7-11,17H2,1-2H3,(H,18,19). The normalized spacial score (nSPS) is 19.4. The molecule has 3 N–H and O–H groups in total. The Morgan fingerprint density at radius 3 is 2.50 bits per heavy atom. The van der Waals surface area contributed by atoms with Crippen LogP contribution >= 0.6 is 0 Å². The zero-order valence-corrected chi connectivity index (χ0v) is 12.3. The molecule has 1 aromatic carbocycles. The van der Waals surface area contributed by atoms with E-state index in [-0.39, 0.29) is 11.9 Å². The molecule has 1 amide bonds. The van der Waals surface area contributed by atoms with Crippen molar-refractivity contribution in [2.75, 3.05) is 19.8 Å². The highest BCUT2D eigenvalue weighted by Gasteiger charge is 2.39. The predicted octanol–water partition coefficient (Wildman–Crippen LogP) is 1.93. The van der Waals surface area contributed by atoms with E-state index in [4.69, 9.17) is 10.5 Å². The molecule has 1 atom stereocenters. The number of hydrogen-bond acceptors (Lipinski definition) is 3. The molecule has 110 valence electrons. The van der Waals surface area contributed by atoms with Crippen molar-refractivity contribution in [2.24, 2.45) is 11.1 Å². The second kappa shape index (κ2) is 6.37. The van der Waals surface area contributed by atoms with Crippen LogP contribution in [0.2, 0.25) is 0 Å². The number of hydrogen-bond donors (Lipinski definition) is 2. The van der Waals surface area contributed by atoms with Gasteiger partial charge in [0.1, 0.15) is 0 Å². The molecule has 1 fully saturated rings. The van der Waals surface area contributed by atoms with Crippen molar-refractivity contribution in [2.45, 2.75) is 32.7 Å². The van der Waals surface area contributed by atoms with Gasteiger partial charge in [-0.1, -0.05) is 29.8 Å². The van der Waals surface area contributed by atoms with Crippen molar-refractivity contribution < 1.29 is 9.53 Å². The van der Waals surface area contributed by atoms with E-state index in [0.717, 1.165) is 5.56 Å². The molecular formula is C16H24N2O2. The zero-order chi connectivity index (χ0) is 14.6. The SMILES string of the molecule is Cc1ccc(C(C)NC(=O)C2(CN)CCOCC2)cc1. The smallest absolute Gasteiger partial charge is 0.228 e. The molecule has 0 saturated carbocycles. The van der Waals surface area contributed by atoms with Crippen LogP contribution in [-0.4, -0.2) is 25.7 Å². The quantitative estimate of drug-likeness (QED) is 0.883. The van der Waals surface area contributed by atoms with Gasteiger partial charge in [0.2, 0.25) is 5.91 Å². The Labute approximate surface area is 120 Å². The van der Waals surface area contributed by atoms with Crippen molar-refractivity contribution in [3.05, 3.63) is 35.4 Å². The van der Waals surface area contributed by atoms with Crippen LogP contribution in [0, 0.1) is 12.3 Å². The molecule has 4 nitrogen and oxygen atoms in total. The van der Waals surface area contributed by atoms with Crippen LogP contribution in [0.15, 0.2) is 24.3 Å². The molecule has 1 saturated heterocycles. The maximum atomic E-state index is 12.6. The van der Waals surface area contributed by atoms with Crippen LogP contribution < -0.4 is 11.1 Å². The van der Waals surface area contributed by atoms with Gasteiger partial charge in [-0.2, -0.15) is 0 Å². The molecule has 1 aliphatic heterocycles. The second-order valence-electron chi connectivity index (χ2n) is 5.70. The van der Waals surface area contributed by atoms with E-state index in [2.05, 4.69) is 36.5 Å². The molecule has 20 heavy (non-hydrogen) atoms. The first kappa shape index (κ1) is 15.0. The summed E-state index contributed by atoms with van der Waals surface area (Å²) in [6, 6.07) is 8.23. The average Bonchev–Trinajstić information content (AvgIpc) is 2.48. The topological polar surface area (TPSA) is 64.4 Å². The summed E-state index contributed by atoms with van der Waals surface area (Å²) in [4.78, 5) is 12.6. The van der Waals surface area contributed by atoms with Crippen LogP contribution in [0.4, 0.5) is 0 Å². The summed E-state index contributed by atoms with van der Waals surface area (Å²) in [5, 5.41) is 3.10. The molecule has 1 aromatic rings. The minimum atomic E-state index is -0.461. The highest BCUT2D eigenvalue weighted by Crippen LogP contribution is 2.30. The number of nitrogens with one attached hydrogen (secondary N) is 1. The third kappa shape index (κ3) is 3.19. The lowest BCUT2D eigenvalue weighted by atomic mass is 9.79. The molecule has 2 rings (SSSR count). The van der Waals surface area contributed by atoms with Crippen LogP contribution in [-0.2, 0) is 9.53 Å². The molecule has 1 unspecified atom stereocenters. The van der Waals surface area contributed by atoms with Crippen molar-refractivity contribution in [3.63, 3.8) is 0 Å². The third-order valence-electron chi connectivity index (χ3n) is 4.25. The summed E-state index contributed by atoms with van der Waals surface area (Å²) in [7, 11) is 0. The number of amides is 1. The van der Waals surface area contributed by atoms with Gasteiger partial charge in [0, 0.05) is 19.8 Å². The van der Waals surface area contributed by atoms with Crippen LogP contribution in [0.1, 0.15) is 36.9 Å². The Kier molecular flexibility index (Phi) is 4.78. The fourth-order valence-corrected chi connectivity index (χ4v) is 2.57. The Hall–Kier alpha value is -1.39. The minimum Gasteiger partial charge on any atom is -0.381 e. The largest absolute Gasteiger partial charge is 0.381 e. The fraction of sp³-hybridized carbons (Fsp3) is 0.562. The lowest BCUT2D eigenvalue weighted by Crippen LogP contribution is -2.49. The average molecular weight is 276 g/mol. The predicted molar refractivity (Wildman–Crippen MR) is 79.3 cm³/mol. The molecule has 0 bridgehead atoms. The number of carbonyl (C=O) groups is 1. The van der Waals surface area contributed by atoms with Crippen molar-refractivity contribution in [1.82, 2.24) is 5.32 Å². The minimum absolute atomic E-state index is 0.00521. The van der Waals surface area contributed by atoms with E-state index in [1.165, 1.54) is 5.56 Å². The fourth-order valence-electron chi connectivity index (χ4n) is 2.57. The van der Waals surface area contributed by atoms with E-state index >= 15 is 0 Å². The van der Waals surface area contributed by atoms with Gasteiger partial charge in [-0.05, 0) is 32.3 Å². The first-order chi connectivity index (χ1) is 9.57. The first-order valence-corrected chi connectivity index (χ1v) is 7.23. The maximum Gasteiger partial charge on any atom is 0.228 e. The molecule has 0 spiro atoms. The van der Waals surface area contributed by atoms with Crippen LogP contribution in [0.5, 0.6) is 0 Å². The number of ether oxygens (including phenoxy) is 1. The number of benzene rings is 1. The number of carbonyl (C=O) groups excluding carboxylic acids is 1. The molecule has 4 heteroatoms. The van der Waals surface area contributed by atoms with Gasteiger partial charge in [-0.15, -0.1) is 0 Å². The van der Waals surface area contributed by atoms with E-state index < -0.39 is 5.41 Å². The Morgan fingerprint density at radius 2 is 1.95 bits per heavy atom. The molecule has 1 heterocycles. The van der Waals surface area contributed by atoms with Gasteiger partial charge in [0.15, 0.2) is 0 Å². The molecule has 0 aromatic heterocycles. The van der Waals surface area contributed by atoms with Gasteiger partial charge in [-0.3, -0.25) is 4.79 Å². The second-order valence-corrected chi connectivity index (χ2v) is 5.70. The van der Waals surface area contributed by atoms with Crippen LogP contribution in [0.3, 0.4) is 0 Å². The van der Waals surface area contributed by atoms with Crippen molar-refractivity contribution >= 4 is 5.91 Å². The summed E-state index contributed by atoms with van der Waals surface area (Å²) in [6.07, 6.45) is 1.41. The van der Waals surface area contributed by atoms with Crippen molar-refractivity contribution in [1.29, 1.82) is 0 Å². The summed E-state index contributed by atoms with van der Waals surface area (Å²) in [5.41, 5.74) is 7.73. The van der Waals surface area contributed by atoms with E-state index in [1.807, 2.05) is 6.92 Å². The highest BCUT2D eigenvalue weighted by molar-refractivity contribution is 5.83. The summed E-state index contributed by atoms with van der Waals surface area (Å²) < 4.78 is 5.34. The number of rotatable bonds is 4. The van der Waals surface area contributed by atoms with Crippen molar-refractivity contribution in [3.8, 4) is 0 Å². The van der Waals surface area contributed by atoms with Crippen LogP contribution in [0.25, 0.3) is 0 Å². The zero-order valence-electron chi connectivity index (χ0n) is 12.3. The summed E-state index contributed by atoms with van der Waals surface area (Å²) in [6.45, 7) is 5.67. The molecule has 1 aliphatic rings. The molecule has 0 radical (unpaired) electrons. The highest BCUT2D eigenvalue weighted by atomic mass is 16.5. The Balaban J connectivity index is 2.04. The summed E-state index contributed by atoms with van der Waals surface area (Å²) >= 11 is 0. The van der Waals surface area contributed by atoms with Gasteiger partial charge in [0.25, 0.3) is 0 Å². The molecular weight excluding hydrogens is 252 g/mol. The third-order valence-corrected chi connectivity index (χ3v) is 4.25. The van der Waals surface area contributed by atoms with E-state index in [9.17, 15) is 4.79 Å². The summed E-state index contributed by atoms with van der Waals surface area (Å²) in [5.74, 6) is 0.0522. The van der Waals surface area contributed by atoms with Gasteiger partial charge >= 0.3 is 0 Å². The van der Waals surface area contributed by atoms with E-state index in [1.54, 1.807) is 0 Å². The number of aryl methyl sites for hydroxylation is 1. The Morgan fingerprint density at radius 1 is 1.35 bits per heavy atom. The molecule has 0 aliphatic carbocycles. The van der Waals surface area contributed by atoms with E-state index in [0.29, 0.717) is 32.6 Å². The maximum absolute atomic E-state index is 12.6. The first-order valence-electron chi connectivity index (χ1n) is 7.23. The van der Waals surface area contributed by atoms with Gasteiger partial charge in [-0.25, -0.2) is 0 Å². The lowest BCUT2D eigenvalue weighted by molar-refractivity contribution is -0.136. The number of nitrogens with two attached hydrogens (primary N) is 1. The van der Waals surface area contributed by atoms with Gasteiger partial charge < -0.3 is 15.8 Å².